The summed E-state index contributed by atoms with van der Waals surface area (Å²) < 4.78 is 29.9. The Bertz CT molecular complexity index is 554. The molecule has 0 fully saturated rings. The second-order valence-electron chi connectivity index (χ2n) is 4.42. The number of carbonyl (C=O) groups is 1. The number of nitrogens with zero attached hydrogens (tertiary/aromatic N) is 1. The third kappa shape index (κ3) is 3.78. The topological polar surface area (TPSA) is 75.7 Å². The van der Waals surface area contributed by atoms with Gasteiger partial charge >= 0.3 is 5.97 Å². The molecule has 0 heterocycles. The van der Waals surface area contributed by atoms with E-state index in [4.69, 9.17) is 0 Å². The van der Waals surface area contributed by atoms with E-state index in [2.05, 4.69) is 10.1 Å². The van der Waals surface area contributed by atoms with Crippen LogP contribution in [0.2, 0.25) is 0 Å². The number of hydrogen-bond donors (Lipinski definition) is 1. The Morgan fingerprint density at radius 2 is 1.90 bits per heavy atom. The molecule has 0 saturated heterocycles. The van der Waals surface area contributed by atoms with Gasteiger partial charge in [-0.1, -0.05) is 12.1 Å². The van der Waals surface area contributed by atoms with Crippen LogP contribution in [0.3, 0.4) is 0 Å². The van der Waals surface area contributed by atoms with E-state index in [0.29, 0.717) is 0 Å². The third-order valence-corrected chi connectivity index (χ3v) is 4.92. The van der Waals surface area contributed by atoms with Crippen LogP contribution >= 0.6 is 0 Å². The van der Waals surface area contributed by atoms with E-state index in [-0.39, 0.29) is 17.5 Å². The van der Waals surface area contributed by atoms with Gasteiger partial charge in [0.05, 0.1) is 12.0 Å². The predicted octanol–water partition coefficient (Wildman–Crippen LogP) is 0.760. The van der Waals surface area contributed by atoms with E-state index in [9.17, 15) is 13.2 Å². The minimum Gasteiger partial charge on any atom is -0.468 e. The summed E-state index contributed by atoms with van der Waals surface area (Å²) in [6, 6.07) is 6.71. The van der Waals surface area contributed by atoms with Crippen LogP contribution in [-0.2, 0) is 19.6 Å². The lowest BCUT2D eigenvalue weighted by Gasteiger charge is -2.17. The Morgan fingerprint density at radius 1 is 1.35 bits per heavy atom. The molecule has 0 amide bonds. The van der Waals surface area contributed by atoms with E-state index >= 15 is 0 Å². The van der Waals surface area contributed by atoms with Crippen LogP contribution in [0, 0.1) is 0 Å². The molecule has 0 aliphatic carbocycles. The highest BCUT2D eigenvalue weighted by Gasteiger charge is 2.23. The number of nitrogens with one attached hydrogen (secondary N) is 1. The molecule has 0 bridgehead atoms. The molecule has 112 valence electrons. The molecule has 0 aliphatic heterocycles. The lowest BCUT2D eigenvalue weighted by Crippen LogP contribution is -2.32. The largest absolute Gasteiger partial charge is 0.468 e. The SMILES string of the molecule is CNC(C)c1ccc(S(=O)(=O)N(C)CC(=O)OC)cc1. The van der Waals surface area contributed by atoms with Gasteiger partial charge in [-0.05, 0) is 31.7 Å². The molecule has 6 nitrogen and oxygen atoms in total. The molecule has 1 unspecified atom stereocenters. The Morgan fingerprint density at radius 3 is 2.35 bits per heavy atom. The molecule has 0 aliphatic rings. The van der Waals surface area contributed by atoms with Crippen molar-refractivity contribution < 1.29 is 17.9 Å². The number of ether oxygens (including phenoxy) is 1. The first-order chi connectivity index (χ1) is 9.32. The standard InChI is InChI=1S/C13H20N2O4S/c1-10(14-2)11-5-7-12(8-6-11)20(17,18)15(3)9-13(16)19-4/h5-8,10,14H,9H2,1-4H3. The zero-order chi connectivity index (χ0) is 15.3. The maximum atomic E-state index is 12.2. The van der Waals surface area contributed by atoms with E-state index in [1.165, 1.54) is 26.3 Å². The van der Waals surface area contributed by atoms with E-state index in [0.717, 1.165) is 9.87 Å². The lowest BCUT2D eigenvalue weighted by atomic mass is 10.1. The summed E-state index contributed by atoms with van der Waals surface area (Å²) in [6.07, 6.45) is 0. The minimum absolute atomic E-state index is 0.138. The number of rotatable bonds is 6. The highest BCUT2D eigenvalue weighted by Crippen LogP contribution is 2.18. The summed E-state index contributed by atoms with van der Waals surface area (Å²) in [5, 5.41) is 3.07. The van der Waals surface area contributed by atoms with Gasteiger partial charge in [0.2, 0.25) is 10.0 Å². The maximum Gasteiger partial charge on any atom is 0.321 e. The van der Waals surface area contributed by atoms with Crippen molar-refractivity contribution in [2.75, 3.05) is 27.7 Å². The molecular formula is C13H20N2O4S. The lowest BCUT2D eigenvalue weighted by molar-refractivity contribution is -0.140. The van der Waals surface area contributed by atoms with Crippen LogP contribution in [0.25, 0.3) is 0 Å². The smallest absolute Gasteiger partial charge is 0.321 e. The van der Waals surface area contributed by atoms with Crippen molar-refractivity contribution in [3.05, 3.63) is 29.8 Å². The van der Waals surface area contributed by atoms with Crippen molar-refractivity contribution in [1.29, 1.82) is 0 Å². The number of likely N-dealkylation sites (N-methyl/N-ethyl adjacent to an activating group) is 1. The Hall–Kier alpha value is -1.44. The van der Waals surface area contributed by atoms with Gasteiger partial charge < -0.3 is 10.1 Å². The van der Waals surface area contributed by atoms with Gasteiger partial charge in [0.15, 0.2) is 0 Å². The minimum atomic E-state index is -3.68. The van der Waals surface area contributed by atoms with E-state index < -0.39 is 16.0 Å². The molecular weight excluding hydrogens is 280 g/mol. The summed E-state index contributed by atoms with van der Waals surface area (Å²) in [5.41, 5.74) is 0.988. The summed E-state index contributed by atoms with van der Waals surface area (Å²) in [4.78, 5) is 11.3. The van der Waals surface area contributed by atoms with E-state index in [1.807, 2.05) is 14.0 Å². The fourth-order valence-electron chi connectivity index (χ4n) is 1.61. The van der Waals surface area contributed by atoms with Gasteiger partial charge in [0, 0.05) is 13.1 Å². The zero-order valence-corrected chi connectivity index (χ0v) is 12.9. The van der Waals surface area contributed by atoms with Crippen molar-refractivity contribution in [2.45, 2.75) is 17.9 Å². The van der Waals surface area contributed by atoms with Crippen molar-refractivity contribution in [2.24, 2.45) is 0 Å². The number of carbonyl (C=O) groups excluding carboxylic acids is 1. The number of sulfonamides is 1. The molecule has 1 rings (SSSR count). The number of esters is 1. The van der Waals surface area contributed by atoms with Crippen LogP contribution in [0.1, 0.15) is 18.5 Å². The highest BCUT2D eigenvalue weighted by atomic mass is 32.2. The van der Waals surface area contributed by atoms with Crippen LogP contribution in [0.4, 0.5) is 0 Å². The number of benzene rings is 1. The first-order valence-electron chi connectivity index (χ1n) is 6.13. The Kier molecular flexibility index (Phi) is 5.67. The summed E-state index contributed by atoms with van der Waals surface area (Å²) >= 11 is 0. The summed E-state index contributed by atoms with van der Waals surface area (Å²) in [5.74, 6) is -0.600. The Labute approximate surface area is 119 Å². The Balaban J connectivity index is 2.95. The fraction of sp³-hybridized carbons (Fsp3) is 0.462. The second-order valence-corrected chi connectivity index (χ2v) is 6.46. The zero-order valence-electron chi connectivity index (χ0n) is 12.1. The maximum absolute atomic E-state index is 12.2. The van der Waals surface area contributed by atoms with Gasteiger partial charge in [0.25, 0.3) is 0 Å². The average Bonchev–Trinajstić information content (AvgIpc) is 2.46. The van der Waals surface area contributed by atoms with Crippen LogP contribution < -0.4 is 5.32 Å². The molecule has 1 aromatic rings. The van der Waals surface area contributed by atoms with Crippen LogP contribution in [-0.4, -0.2) is 46.4 Å². The van der Waals surface area contributed by atoms with Crippen molar-refractivity contribution in [3.8, 4) is 0 Å². The van der Waals surface area contributed by atoms with Crippen LogP contribution in [0.5, 0.6) is 0 Å². The highest BCUT2D eigenvalue weighted by molar-refractivity contribution is 7.89. The molecule has 1 N–H and O–H groups in total. The molecule has 0 saturated carbocycles. The molecule has 0 radical (unpaired) electrons. The molecule has 20 heavy (non-hydrogen) atoms. The molecule has 0 aromatic heterocycles. The van der Waals surface area contributed by atoms with Crippen molar-refractivity contribution >= 4 is 16.0 Å². The molecule has 0 spiro atoms. The summed E-state index contributed by atoms with van der Waals surface area (Å²) in [7, 11) is 0.714. The number of hydrogen-bond acceptors (Lipinski definition) is 5. The molecule has 1 aromatic carbocycles. The first kappa shape index (κ1) is 16.6. The van der Waals surface area contributed by atoms with Gasteiger partial charge in [-0.2, -0.15) is 4.31 Å². The van der Waals surface area contributed by atoms with Gasteiger partial charge in [-0.3, -0.25) is 4.79 Å². The quantitative estimate of drug-likeness (QED) is 0.785. The van der Waals surface area contributed by atoms with Crippen molar-refractivity contribution in [1.82, 2.24) is 9.62 Å². The average molecular weight is 300 g/mol. The monoisotopic (exact) mass is 300 g/mol. The van der Waals surface area contributed by atoms with Crippen LogP contribution in [0.15, 0.2) is 29.2 Å². The molecule has 1 atom stereocenters. The molecule has 7 heteroatoms. The van der Waals surface area contributed by atoms with Gasteiger partial charge in [-0.25, -0.2) is 8.42 Å². The van der Waals surface area contributed by atoms with Gasteiger partial charge in [0.1, 0.15) is 6.54 Å². The normalized spacial score (nSPS) is 13.2. The van der Waals surface area contributed by atoms with E-state index in [1.54, 1.807) is 12.1 Å². The fourth-order valence-corrected chi connectivity index (χ4v) is 2.72. The predicted molar refractivity (Wildman–Crippen MR) is 75.7 cm³/mol. The third-order valence-electron chi connectivity index (χ3n) is 3.10. The van der Waals surface area contributed by atoms with Crippen molar-refractivity contribution in [3.63, 3.8) is 0 Å². The first-order valence-corrected chi connectivity index (χ1v) is 7.57. The summed E-state index contributed by atoms with van der Waals surface area (Å²) in [6.45, 7) is 1.67. The number of methoxy groups -OCH3 is 1. The second kappa shape index (κ2) is 6.83. The van der Waals surface area contributed by atoms with Gasteiger partial charge in [-0.15, -0.1) is 0 Å².